The third-order valence-corrected chi connectivity index (χ3v) is 6.52. The quantitative estimate of drug-likeness (QED) is 0.937. The molecule has 0 amide bonds. The molecule has 0 spiro atoms. The van der Waals surface area contributed by atoms with Crippen molar-refractivity contribution in [1.29, 1.82) is 0 Å². The highest BCUT2D eigenvalue weighted by Gasteiger charge is 2.26. The van der Waals surface area contributed by atoms with Crippen LogP contribution in [0.25, 0.3) is 0 Å². The summed E-state index contributed by atoms with van der Waals surface area (Å²) in [6.45, 7) is 0. The van der Waals surface area contributed by atoms with E-state index >= 15 is 0 Å². The second-order valence-electron chi connectivity index (χ2n) is 6.55. The van der Waals surface area contributed by atoms with Crippen molar-refractivity contribution >= 4 is 10.0 Å². The smallest absolute Gasteiger partial charge is 0.207 e. The van der Waals surface area contributed by atoms with Gasteiger partial charge in [-0.05, 0) is 72.9 Å². The predicted octanol–water partition coefficient (Wildman–Crippen LogP) is 3.53. The van der Waals surface area contributed by atoms with Gasteiger partial charge in [-0.15, -0.1) is 0 Å². The molecular weight excluding hydrogens is 306 g/mol. The molecule has 0 saturated carbocycles. The van der Waals surface area contributed by atoms with Gasteiger partial charge < -0.3 is 0 Å². The summed E-state index contributed by atoms with van der Waals surface area (Å²) >= 11 is 0. The third kappa shape index (κ3) is 2.81. The highest BCUT2D eigenvalue weighted by molar-refractivity contribution is 7.89. The number of fused-ring (bicyclic) bond motifs is 2. The largest absolute Gasteiger partial charge is 0.241 e. The van der Waals surface area contributed by atoms with E-state index in [-0.39, 0.29) is 6.04 Å². The summed E-state index contributed by atoms with van der Waals surface area (Å²) in [7, 11) is -3.47. The number of hydrogen-bond acceptors (Lipinski definition) is 2. The van der Waals surface area contributed by atoms with E-state index in [1.165, 1.54) is 16.7 Å². The minimum atomic E-state index is -3.47. The Hall–Kier alpha value is -1.65. The van der Waals surface area contributed by atoms with Gasteiger partial charge >= 0.3 is 0 Å². The second kappa shape index (κ2) is 5.77. The van der Waals surface area contributed by atoms with Gasteiger partial charge in [0, 0.05) is 6.04 Å². The first-order valence-corrected chi connectivity index (χ1v) is 9.84. The highest BCUT2D eigenvalue weighted by atomic mass is 32.2. The van der Waals surface area contributed by atoms with Crippen molar-refractivity contribution in [3.8, 4) is 0 Å². The highest BCUT2D eigenvalue weighted by Crippen LogP contribution is 2.31. The lowest BCUT2D eigenvalue weighted by Gasteiger charge is -2.26. The van der Waals surface area contributed by atoms with E-state index in [0.29, 0.717) is 4.90 Å². The molecule has 0 fully saturated rings. The molecule has 0 aromatic heterocycles. The number of nitrogens with one attached hydrogen (secondary N) is 1. The fourth-order valence-corrected chi connectivity index (χ4v) is 5.15. The normalized spacial score (nSPS) is 20.1. The first kappa shape index (κ1) is 14.9. The number of aryl methyl sites for hydroxylation is 3. The lowest BCUT2D eigenvalue weighted by molar-refractivity contribution is 0.507. The summed E-state index contributed by atoms with van der Waals surface area (Å²) in [6.07, 6.45) is 6.11. The number of rotatable bonds is 3. The van der Waals surface area contributed by atoms with Crippen LogP contribution in [0.4, 0.5) is 0 Å². The van der Waals surface area contributed by atoms with E-state index < -0.39 is 10.0 Å². The maximum Gasteiger partial charge on any atom is 0.241 e. The van der Waals surface area contributed by atoms with Crippen LogP contribution in [-0.4, -0.2) is 8.42 Å². The van der Waals surface area contributed by atoms with Gasteiger partial charge in [0.05, 0.1) is 4.90 Å². The van der Waals surface area contributed by atoms with Gasteiger partial charge in [0.2, 0.25) is 10.0 Å². The lowest BCUT2D eigenvalue weighted by atomic mass is 9.88. The van der Waals surface area contributed by atoms with Crippen LogP contribution in [0.5, 0.6) is 0 Å². The van der Waals surface area contributed by atoms with Crippen molar-refractivity contribution in [1.82, 2.24) is 4.72 Å². The minimum Gasteiger partial charge on any atom is -0.207 e. The molecule has 0 radical (unpaired) electrons. The minimum absolute atomic E-state index is 0.113. The third-order valence-electron chi connectivity index (χ3n) is 5.05. The van der Waals surface area contributed by atoms with Gasteiger partial charge in [0.15, 0.2) is 0 Å². The van der Waals surface area contributed by atoms with Crippen molar-refractivity contribution in [2.75, 3.05) is 0 Å². The van der Waals surface area contributed by atoms with Crippen molar-refractivity contribution in [2.45, 2.75) is 49.5 Å². The van der Waals surface area contributed by atoms with E-state index in [1.54, 1.807) is 6.07 Å². The van der Waals surface area contributed by atoms with E-state index in [0.717, 1.165) is 44.1 Å². The topological polar surface area (TPSA) is 46.2 Å². The average molecular weight is 327 g/mol. The Morgan fingerprint density at radius 2 is 1.65 bits per heavy atom. The zero-order valence-corrected chi connectivity index (χ0v) is 13.9. The van der Waals surface area contributed by atoms with Crippen LogP contribution in [0.15, 0.2) is 47.4 Å². The van der Waals surface area contributed by atoms with Crippen molar-refractivity contribution in [3.63, 3.8) is 0 Å². The molecule has 4 heteroatoms. The summed E-state index contributed by atoms with van der Waals surface area (Å²) in [5.74, 6) is 0. The number of sulfonamides is 1. The molecule has 4 rings (SSSR count). The lowest BCUT2D eigenvalue weighted by Crippen LogP contribution is -2.31. The molecule has 0 bridgehead atoms. The molecule has 2 aliphatic rings. The average Bonchev–Trinajstić information content (AvgIpc) is 3.02. The maximum absolute atomic E-state index is 12.8. The van der Waals surface area contributed by atoms with Crippen LogP contribution in [0.1, 0.15) is 47.6 Å². The summed E-state index contributed by atoms with van der Waals surface area (Å²) in [4.78, 5) is 0.404. The van der Waals surface area contributed by atoms with Gasteiger partial charge in [-0.2, -0.15) is 0 Å². The van der Waals surface area contributed by atoms with Crippen LogP contribution in [-0.2, 0) is 29.3 Å². The Labute approximate surface area is 137 Å². The molecule has 1 atom stereocenters. The van der Waals surface area contributed by atoms with E-state index in [2.05, 4.69) is 10.8 Å². The zero-order valence-electron chi connectivity index (χ0n) is 13.1. The monoisotopic (exact) mass is 327 g/mol. The molecule has 0 heterocycles. The van der Waals surface area contributed by atoms with Crippen molar-refractivity contribution < 1.29 is 8.42 Å². The molecule has 2 aromatic rings. The van der Waals surface area contributed by atoms with Crippen LogP contribution >= 0.6 is 0 Å². The van der Waals surface area contributed by atoms with Crippen molar-refractivity contribution in [2.24, 2.45) is 0 Å². The SMILES string of the molecule is O=S(=O)(N[C@@H]1CCCc2ccccc21)c1ccc2c(c1)CCC2. The molecule has 120 valence electrons. The molecule has 2 aliphatic carbocycles. The Morgan fingerprint density at radius 3 is 2.57 bits per heavy atom. The Morgan fingerprint density at radius 1 is 0.870 bits per heavy atom. The fourth-order valence-electron chi connectivity index (χ4n) is 3.85. The summed E-state index contributed by atoms with van der Waals surface area (Å²) in [6, 6.07) is 13.6. The number of hydrogen-bond donors (Lipinski definition) is 1. The zero-order chi connectivity index (χ0) is 15.9. The number of benzene rings is 2. The van der Waals surface area contributed by atoms with E-state index in [1.807, 2.05) is 30.3 Å². The molecule has 23 heavy (non-hydrogen) atoms. The standard InChI is InChI=1S/C19H21NO2S/c21-23(22,17-12-11-14-6-3-8-16(14)13-17)20-19-10-4-7-15-5-1-2-9-18(15)19/h1-2,5,9,11-13,19-20H,3-4,6-8,10H2/t19-/m1/s1. The second-order valence-corrected chi connectivity index (χ2v) is 8.26. The molecular formula is C19H21NO2S. The van der Waals surface area contributed by atoms with Crippen LogP contribution in [0.3, 0.4) is 0 Å². The molecule has 0 aliphatic heterocycles. The van der Waals surface area contributed by atoms with Crippen LogP contribution in [0.2, 0.25) is 0 Å². The van der Waals surface area contributed by atoms with Gasteiger partial charge in [-0.1, -0.05) is 30.3 Å². The van der Waals surface area contributed by atoms with Gasteiger partial charge in [-0.3, -0.25) is 0 Å². The predicted molar refractivity (Wildman–Crippen MR) is 90.9 cm³/mol. The van der Waals surface area contributed by atoms with Crippen LogP contribution in [0, 0.1) is 0 Å². The molecule has 2 aromatic carbocycles. The van der Waals surface area contributed by atoms with Gasteiger partial charge in [-0.25, -0.2) is 13.1 Å². The maximum atomic E-state index is 12.8. The summed E-state index contributed by atoms with van der Waals surface area (Å²) < 4.78 is 28.5. The van der Waals surface area contributed by atoms with E-state index in [9.17, 15) is 8.42 Å². The Balaban J connectivity index is 1.63. The van der Waals surface area contributed by atoms with Gasteiger partial charge in [0.1, 0.15) is 0 Å². The van der Waals surface area contributed by atoms with E-state index in [4.69, 9.17) is 0 Å². The Kier molecular flexibility index (Phi) is 3.74. The van der Waals surface area contributed by atoms with Gasteiger partial charge in [0.25, 0.3) is 0 Å². The van der Waals surface area contributed by atoms with Crippen molar-refractivity contribution in [3.05, 3.63) is 64.7 Å². The molecule has 1 N–H and O–H groups in total. The molecule has 0 unspecified atom stereocenters. The molecule has 0 saturated heterocycles. The fraction of sp³-hybridized carbons (Fsp3) is 0.368. The first-order valence-electron chi connectivity index (χ1n) is 8.35. The molecule has 3 nitrogen and oxygen atoms in total. The summed E-state index contributed by atoms with van der Waals surface area (Å²) in [5.41, 5.74) is 4.88. The van der Waals surface area contributed by atoms with Crippen LogP contribution < -0.4 is 4.72 Å². The first-order chi connectivity index (χ1) is 11.1. The summed E-state index contributed by atoms with van der Waals surface area (Å²) in [5, 5.41) is 0. The Bertz CT molecular complexity index is 842.